The Labute approximate surface area is 150 Å². The summed E-state index contributed by atoms with van der Waals surface area (Å²) in [5.41, 5.74) is -0.554. The zero-order valence-corrected chi connectivity index (χ0v) is 14.4. The van der Waals surface area contributed by atoms with E-state index < -0.39 is 46.6 Å². The molecular weight excluding hydrogens is 397 g/mol. The van der Waals surface area contributed by atoms with Crippen LogP contribution in [0, 0.1) is 11.8 Å². The van der Waals surface area contributed by atoms with Crippen molar-refractivity contribution in [1.82, 2.24) is 14.6 Å². The van der Waals surface area contributed by atoms with E-state index in [2.05, 4.69) is 14.8 Å². The van der Waals surface area contributed by atoms with Crippen molar-refractivity contribution < 1.29 is 26.3 Å². The van der Waals surface area contributed by atoms with E-state index in [-0.39, 0.29) is 10.4 Å². The first kappa shape index (κ1) is 18.3. The Hall–Kier alpha value is -2.53. The van der Waals surface area contributed by atoms with Gasteiger partial charge in [0.2, 0.25) is 5.95 Å². The SMILES string of the molecule is O=S(=O)(Nc1cc(F)c(OCCF)nc1F)c1cnn2cc(Cl)ccc12. The standard InChI is InChI=1S/C14H10ClF3N4O3S/c15-8-1-2-11-12(6-19-22(11)7-8)26(23,24)21-10-5-9(17)14(20-13(10)18)25-4-3-16/h1-2,5-7,21H,3-4H2. The molecule has 1 N–H and O–H groups in total. The predicted molar refractivity (Wildman–Crippen MR) is 86.6 cm³/mol. The quantitative estimate of drug-likeness (QED) is 0.636. The summed E-state index contributed by atoms with van der Waals surface area (Å²) in [6, 6.07) is 3.42. The van der Waals surface area contributed by atoms with Crippen LogP contribution in [-0.4, -0.2) is 36.3 Å². The second-order valence-electron chi connectivity index (χ2n) is 4.94. The number of nitrogens with one attached hydrogen (secondary N) is 1. The molecule has 0 aliphatic carbocycles. The van der Waals surface area contributed by atoms with E-state index in [0.29, 0.717) is 11.1 Å². The second-order valence-corrected chi connectivity index (χ2v) is 7.03. The number of rotatable bonds is 6. The van der Waals surface area contributed by atoms with Gasteiger partial charge in [0.1, 0.15) is 23.9 Å². The van der Waals surface area contributed by atoms with Gasteiger partial charge in [-0.2, -0.15) is 14.5 Å². The van der Waals surface area contributed by atoms with Gasteiger partial charge in [-0.15, -0.1) is 0 Å². The summed E-state index contributed by atoms with van der Waals surface area (Å²) in [6.45, 7) is -1.44. The van der Waals surface area contributed by atoms with Gasteiger partial charge < -0.3 is 4.74 Å². The first-order chi connectivity index (χ1) is 12.3. The van der Waals surface area contributed by atoms with E-state index in [1.807, 2.05) is 4.72 Å². The Bertz CT molecular complexity index is 1070. The Morgan fingerprint density at radius 1 is 1.31 bits per heavy atom. The molecule has 3 aromatic heterocycles. The molecule has 26 heavy (non-hydrogen) atoms. The zero-order chi connectivity index (χ0) is 18.9. The minimum Gasteiger partial charge on any atom is -0.473 e. The molecule has 0 saturated heterocycles. The van der Waals surface area contributed by atoms with Gasteiger partial charge in [0, 0.05) is 12.3 Å². The van der Waals surface area contributed by atoms with Crippen LogP contribution in [0.2, 0.25) is 5.02 Å². The third kappa shape index (κ3) is 3.53. The van der Waals surface area contributed by atoms with Gasteiger partial charge in [0.25, 0.3) is 15.9 Å². The number of pyridine rings is 2. The van der Waals surface area contributed by atoms with Crippen molar-refractivity contribution in [3.63, 3.8) is 0 Å². The predicted octanol–water partition coefficient (Wildman–Crippen LogP) is 2.81. The van der Waals surface area contributed by atoms with Crippen LogP contribution < -0.4 is 9.46 Å². The van der Waals surface area contributed by atoms with E-state index in [4.69, 9.17) is 11.6 Å². The van der Waals surface area contributed by atoms with Crippen molar-refractivity contribution in [2.24, 2.45) is 0 Å². The Morgan fingerprint density at radius 3 is 2.81 bits per heavy atom. The van der Waals surface area contributed by atoms with Gasteiger partial charge in [0.15, 0.2) is 5.82 Å². The largest absolute Gasteiger partial charge is 0.473 e. The van der Waals surface area contributed by atoms with Crippen LogP contribution in [0.3, 0.4) is 0 Å². The molecule has 3 rings (SSSR count). The number of hydrogen-bond acceptors (Lipinski definition) is 5. The van der Waals surface area contributed by atoms with Crippen molar-refractivity contribution in [3.05, 3.63) is 47.4 Å². The van der Waals surface area contributed by atoms with Crippen LogP contribution in [-0.2, 0) is 10.0 Å². The number of alkyl halides is 1. The van der Waals surface area contributed by atoms with Gasteiger partial charge in [-0.25, -0.2) is 21.7 Å². The van der Waals surface area contributed by atoms with Crippen LogP contribution in [0.15, 0.2) is 35.5 Å². The maximum Gasteiger partial charge on any atom is 0.265 e. The van der Waals surface area contributed by atoms with Gasteiger partial charge in [-0.1, -0.05) is 11.6 Å². The molecule has 7 nitrogen and oxygen atoms in total. The summed E-state index contributed by atoms with van der Waals surface area (Å²) >= 11 is 5.80. The van der Waals surface area contributed by atoms with E-state index in [9.17, 15) is 21.6 Å². The average Bonchev–Trinajstić information content (AvgIpc) is 3.00. The lowest BCUT2D eigenvalue weighted by atomic mass is 10.4. The van der Waals surface area contributed by atoms with Crippen LogP contribution in [0.1, 0.15) is 0 Å². The number of aromatic nitrogens is 3. The third-order valence-electron chi connectivity index (χ3n) is 3.19. The minimum absolute atomic E-state index is 0.179. The molecule has 0 aliphatic rings. The lowest BCUT2D eigenvalue weighted by Gasteiger charge is -2.10. The van der Waals surface area contributed by atoms with Crippen LogP contribution in [0.4, 0.5) is 18.9 Å². The molecule has 0 spiro atoms. The number of fused-ring (bicyclic) bond motifs is 1. The molecule has 3 aromatic rings. The molecule has 0 aliphatic heterocycles. The van der Waals surface area contributed by atoms with Crippen LogP contribution in [0.25, 0.3) is 5.52 Å². The number of halogens is 4. The normalized spacial score (nSPS) is 11.7. The van der Waals surface area contributed by atoms with Gasteiger partial charge in [0.05, 0.1) is 16.7 Å². The summed E-state index contributed by atoms with van der Waals surface area (Å²) in [6.07, 6.45) is 2.42. The summed E-state index contributed by atoms with van der Waals surface area (Å²) in [4.78, 5) is 2.88. The molecule has 0 radical (unpaired) electrons. The van der Waals surface area contributed by atoms with Crippen molar-refractivity contribution in [1.29, 1.82) is 0 Å². The molecule has 0 unspecified atom stereocenters. The molecule has 0 saturated carbocycles. The zero-order valence-electron chi connectivity index (χ0n) is 12.8. The lowest BCUT2D eigenvalue weighted by Crippen LogP contribution is -2.15. The monoisotopic (exact) mass is 406 g/mol. The van der Waals surface area contributed by atoms with Crippen molar-refractivity contribution in [2.45, 2.75) is 4.90 Å². The van der Waals surface area contributed by atoms with Gasteiger partial charge >= 0.3 is 0 Å². The lowest BCUT2D eigenvalue weighted by molar-refractivity contribution is 0.249. The van der Waals surface area contributed by atoms with E-state index in [1.165, 1.54) is 22.8 Å². The van der Waals surface area contributed by atoms with E-state index in [1.54, 1.807) is 0 Å². The fraction of sp³-hybridized carbons (Fsp3) is 0.143. The highest BCUT2D eigenvalue weighted by Crippen LogP contribution is 2.26. The number of anilines is 1. The van der Waals surface area contributed by atoms with Gasteiger partial charge in [-0.3, -0.25) is 4.72 Å². The number of hydrogen-bond donors (Lipinski definition) is 1. The fourth-order valence-corrected chi connectivity index (χ4v) is 3.42. The highest BCUT2D eigenvalue weighted by atomic mass is 35.5. The van der Waals surface area contributed by atoms with Crippen molar-refractivity contribution in [2.75, 3.05) is 18.0 Å². The smallest absolute Gasteiger partial charge is 0.265 e. The molecule has 0 bridgehead atoms. The topological polar surface area (TPSA) is 85.6 Å². The van der Waals surface area contributed by atoms with E-state index >= 15 is 0 Å². The fourth-order valence-electron chi connectivity index (χ4n) is 2.10. The highest BCUT2D eigenvalue weighted by Gasteiger charge is 2.23. The molecule has 0 aromatic carbocycles. The third-order valence-corrected chi connectivity index (χ3v) is 4.80. The molecule has 12 heteroatoms. The first-order valence-corrected chi connectivity index (χ1v) is 8.88. The summed E-state index contributed by atoms with van der Waals surface area (Å²) < 4.78 is 72.5. The number of sulfonamides is 1. The molecule has 138 valence electrons. The first-order valence-electron chi connectivity index (χ1n) is 7.02. The Kier molecular flexibility index (Phi) is 4.92. The maximum atomic E-state index is 14.0. The summed E-state index contributed by atoms with van der Waals surface area (Å²) in [5.74, 6) is -3.25. The maximum absolute atomic E-state index is 14.0. The molecule has 0 fully saturated rings. The molecule has 0 amide bonds. The minimum atomic E-state index is -4.30. The van der Waals surface area contributed by atoms with Crippen molar-refractivity contribution in [3.8, 4) is 5.88 Å². The second kappa shape index (κ2) is 7.00. The van der Waals surface area contributed by atoms with E-state index in [0.717, 1.165) is 6.20 Å². The van der Waals surface area contributed by atoms with Crippen LogP contribution in [0.5, 0.6) is 5.88 Å². The Morgan fingerprint density at radius 2 is 2.08 bits per heavy atom. The summed E-state index contributed by atoms with van der Waals surface area (Å²) in [5, 5.41) is 4.18. The summed E-state index contributed by atoms with van der Waals surface area (Å²) in [7, 11) is -4.30. The number of ether oxygens (including phenoxy) is 1. The Balaban J connectivity index is 1.95. The van der Waals surface area contributed by atoms with Crippen molar-refractivity contribution >= 4 is 32.8 Å². The molecule has 0 atom stereocenters. The van der Waals surface area contributed by atoms with Crippen LogP contribution >= 0.6 is 11.6 Å². The molecular formula is C14H10ClF3N4O3S. The highest BCUT2D eigenvalue weighted by molar-refractivity contribution is 7.93. The number of nitrogens with zero attached hydrogens (tertiary/aromatic N) is 3. The molecule has 3 heterocycles. The van der Waals surface area contributed by atoms with Gasteiger partial charge in [-0.05, 0) is 12.1 Å². The average molecular weight is 407 g/mol.